The van der Waals surface area contributed by atoms with Crippen LogP contribution in [0.5, 0.6) is 0 Å². The SMILES string of the molecule is CC1(C)C(=O)Nc2ccc(N3CCO[C@H]([C@@H](O)C(=O)Nc4ccc(-c5noc(=O)[nH]5)cc4)C3=O)cc21. The number of nitrogens with one attached hydrogen (secondary N) is 3. The van der Waals surface area contributed by atoms with E-state index in [0.717, 1.165) is 5.56 Å². The van der Waals surface area contributed by atoms with Crippen LogP contribution in [0.2, 0.25) is 0 Å². The van der Waals surface area contributed by atoms with Gasteiger partial charge in [0.15, 0.2) is 18.0 Å². The number of anilines is 3. The number of amides is 3. The summed E-state index contributed by atoms with van der Waals surface area (Å²) in [4.78, 5) is 53.1. The van der Waals surface area contributed by atoms with E-state index in [0.29, 0.717) is 22.6 Å². The first-order valence-electron chi connectivity index (χ1n) is 11.2. The summed E-state index contributed by atoms with van der Waals surface area (Å²) in [6.45, 7) is 3.94. The zero-order chi connectivity index (χ0) is 25.6. The number of benzene rings is 2. The van der Waals surface area contributed by atoms with Crippen LogP contribution >= 0.6 is 0 Å². The van der Waals surface area contributed by atoms with Gasteiger partial charge >= 0.3 is 5.76 Å². The van der Waals surface area contributed by atoms with Crippen LogP contribution in [0.1, 0.15) is 19.4 Å². The first-order valence-corrected chi connectivity index (χ1v) is 11.2. The van der Waals surface area contributed by atoms with E-state index in [1.807, 2.05) is 0 Å². The quantitative estimate of drug-likeness (QED) is 0.408. The smallest absolute Gasteiger partial charge is 0.380 e. The molecule has 186 valence electrons. The molecular formula is C24H23N5O7. The van der Waals surface area contributed by atoms with Crippen LogP contribution in [-0.2, 0) is 24.5 Å². The van der Waals surface area contributed by atoms with Crippen LogP contribution in [0.4, 0.5) is 17.1 Å². The van der Waals surface area contributed by atoms with Gasteiger partial charge in [0, 0.05) is 29.2 Å². The summed E-state index contributed by atoms with van der Waals surface area (Å²) in [5.74, 6) is -1.97. The second-order valence-electron chi connectivity index (χ2n) is 9.05. The van der Waals surface area contributed by atoms with E-state index in [4.69, 9.17) is 4.74 Å². The van der Waals surface area contributed by atoms with Gasteiger partial charge in [0.05, 0.1) is 12.0 Å². The van der Waals surface area contributed by atoms with Crippen molar-refractivity contribution in [2.24, 2.45) is 0 Å². The number of morpholine rings is 1. The van der Waals surface area contributed by atoms with E-state index in [9.17, 15) is 24.3 Å². The summed E-state index contributed by atoms with van der Waals surface area (Å²) in [6, 6.07) is 11.5. The van der Waals surface area contributed by atoms with Gasteiger partial charge in [-0.25, -0.2) is 4.79 Å². The second-order valence-corrected chi connectivity index (χ2v) is 9.05. The Morgan fingerprint density at radius 3 is 2.64 bits per heavy atom. The molecule has 5 rings (SSSR count). The van der Waals surface area contributed by atoms with E-state index >= 15 is 0 Å². The highest BCUT2D eigenvalue weighted by Crippen LogP contribution is 2.39. The van der Waals surface area contributed by atoms with Crippen molar-refractivity contribution in [3.05, 3.63) is 58.6 Å². The minimum absolute atomic E-state index is 0.114. The molecule has 1 aromatic heterocycles. The number of hydrogen-bond donors (Lipinski definition) is 4. The number of hydrogen-bond acceptors (Lipinski definition) is 8. The molecule has 2 aliphatic heterocycles. The van der Waals surface area contributed by atoms with Gasteiger partial charge in [0.25, 0.3) is 11.8 Å². The highest BCUT2D eigenvalue weighted by molar-refractivity contribution is 6.07. The molecule has 0 saturated carbocycles. The Morgan fingerprint density at radius 1 is 1.19 bits per heavy atom. The van der Waals surface area contributed by atoms with Crippen LogP contribution in [0.15, 0.2) is 51.8 Å². The monoisotopic (exact) mass is 493 g/mol. The molecule has 0 unspecified atom stereocenters. The summed E-state index contributed by atoms with van der Waals surface area (Å²) in [5, 5.41) is 19.6. The highest BCUT2D eigenvalue weighted by atomic mass is 16.5. The van der Waals surface area contributed by atoms with Crippen molar-refractivity contribution in [2.75, 3.05) is 28.7 Å². The Balaban J connectivity index is 1.29. The number of fused-ring (bicyclic) bond motifs is 1. The molecule has 3 aromatic rings. The lowest BCUT2D eigenvalue weighted by molar-refractivity contribution is -0.150. The third-order valence-corrected chi connectivity index (χ3v) is 6.35. The maximum Gasteiger partial charge on any atom is 0.439 e. The molecule has 0 aliphatic carbocycles. The average molecular weight is 493 g/mol. The van der Waals surface area contributed by atoms with E-state index in [1.54, 1.807) is 56.3 Å². The minimum Gasteiger partial charge on any atom is -0.380 e. The lowest BCUT2D eigenvalue weighted by Gasteiger charge is -2.34. The summed E-state index contributed by atoms with van der Waals surface area (Å²) >= 11 is 0. The van der Waals surface area contributed by atoms with Gasteiger partial charge in [-0.3, -0.25) is 23.9 Å². The molecule has 12 nitrogen and oxygen atoms in total. The molecule has 1 fully saturated rings. The number of aliphatic hydroxyl groups excluding tert-OH is 1. The maximum atomic E-state index is 13.2. The number of carbonyl (C=O) groups is 3. The molecule has 0 radical (unpaired) electrons. The summed E-state index contributed by atoms with van der Waals surface area (Å²) in [6.07, 6.45) is -3.17. The molecule has 0 spiro atoms. The molecule has 4 N–H and O–H groups in total. The number of aliphatic hydroxyl groups is 1. The van der Waals surface area contributed by atoms with Gasteiger partial charge in [-0.2, -0.15) is 0 Å². The van der Waals surface area contributed by atoms with Crippen molar-refractivity contribution in [1.82, 2.24) is 10.1 Å². The molecule has 3 amide bonds. The fourth-order valence-corrected chi connectivity index (χ4v) is 4.24. The molecule has 36 heavy (non-hydrogen) atoms. The van der Waals surface area contributed by atoms with Crippen LogP contribution in [-0.4, -0.2) is 58.3 Å². The Bertz CT molecular complexity index is 1410. The van der Waals surface area contributed by atoms with E-state index in [2.05, 4.69) is 25.3 Å². The fourth-order valence-electron chi connectivity index (χ4n) is 4.24. The summed E-state index contributed by atoms with van der Waals surface area (Å²) < 4.78 is 9.94. The van der Waals surface area contributed by atoms with Gasteiger partial charge in [-0.15, -0.1) is 0 Å². The molecule has 2 atom stereocenters. The molecule has 2 aliphatic rings. The third kappa shape index (κ3) is 4.06. The summed E-state index contributed by atoms with van der Waals surface area (Å²) in [5.41, 5.74) is 2.15. The van der Waals surface area contributed by atoms with Crippen LogP contribution < -0.4 is 21.3 Å². The van der Waals surface area contributed by atoms with E-state index in [1.165, 1.54) is 4.90 Å². The number of aromatic amines is 1. The van der Waals surface area contributed by atoms with Gasteiger partial charge in [0.1, 0.15) is 0 Å². The molecular weight excluding hydrogens is 470 g/mol. The van der Waals surface area contributed by atoms with E-state index in [-0.39, 0.29) is 24.9 Å². The standard InChI is InChI=1S/C24H23N5O7/c1-24(2)15-11-14(7-8-16(15)26-22(24)33)29-9-10-35-18(21(29)32)17(30)20(31)25-13-5-3-12(4-6-13)19-27-23(34)36-28-19/h3-8,11,17-18,30H,9-10H2,1-2H3,(H,25,31)(H,26,33)(H,27,28,34)/t17-,18-/m1/s1. The minimum atomic E-state index is -1.76. The molecule has 12 heteroatoms. The van der Waals surface area contributed by atoms with Crippen LogP contribution in [0.3, 0.4) is 0 Å². The molecule has 0 bridgehead atoms. The van der Waals surface area contributed by atoms with Crippen molar-refractivity contribution in [3.63, 3.8) is 0 Å². The van der Waals surface area contributed by atoms with Gasteiger partial charge < -0.3 is 25.4 Å². The lowest BCUT2D eigenvalue weighted by Crippen LogP contribution is -2.55. The first-order chi connectivity index (χ1) is 17.1. The van der Waals surface area contributed by atoms with E-state index < -0.39 is 35.2 Å². The first kappa shape index (κ1) is 23.5. The van der Waals surface area contributed by atoms with Crippen molar-refractivity contribution < 1.29 is 28.8 Å². The zero-order valence-corrected chi connectivity index (χ0v) is 19.4. The Labute approximate surface area is 204 Å². The third-order valence-electron chi connectivity index (χ3n) is 6.35. The average Bonchev–Trinajstić information content (AvgIpc) is 3.39. The normalized spacial score (nSPS) is 19.5. The van der Waals surface area contributed by atoms with Crippen molar-refractivity contribution in [2.45, 2.75) is 31.5 Å². The number of aromatic nitrogens is 2. The predicted molar refractivity (Wildman–Crippen MR) is 127 cm³/mol. The predicted octanol–water partition coefficient (Wildman–Crippen LogP) is 0.991. The number of H-pyrrole nitrogens is 1. The molecule has 1 saturated heterocycles. The Kier molecular flexibility index (Phi) is 5.69. The van der Waals surface area contributed by atoms with Crippen molar-refractivity contribution >= 4 is 34.8 Å². The van der Waals surface area contributed by atoms with Gasteiger partial charge in [-0.05, 0) is 61.9 Å². The zero-order valence-electron chi connectivity index (χ0n) is 19.4. The van der Waals surface area contributed by atoms with Crippen molar-refractivity contribution in [3.8, 4) is 11.4 Å². The maximum absolute atomic E-state index is 13.2. The Hall–Kier alpha value is -4.29. The highest BCUT2D eigenvalue weighted by Gasteiger charge is 2.42. The van der Waals surface area contributed by atoms with Crippen molar-refractivity contribution in [1.29, 1.82) is 0 Å². The number of nitrogens with zero attached hydrogens (tertiary/aromatic N) is 2. The second kappa shape index (κ2) is 8.73. The molecule has 3 heterocycles. The number of carbonyl (C=O) groups excluding carboxylic acids is 3. The topological polar surface area (TPSA) is 167 Å². The summed E-state index contributed by atoms with van der Waals surface area (Å²) in [7, 11) is 0. The lowest BCUT2D eigenvalue weighted by atomic mass is 9.86. The van der Waals surface area contributed by atoms with Gasteiger partial charge in [0.2, 0.25) is 5.91 Å². The fraction of sp³-hybridized carbons (Fsp3) is 0.292. The largest absolute Gasteiger partial charge is 0.439 e. The molecule has 2 aromatic carbocycles. The van der Waals surface area contributed by atoms with Gasteiger partial charge in [-0.1, -0.05) is 5.16 Å². The van der Waals surface area contributed by atoms with Crippen LogP contribution in [0, 0.1) is 0 Å². The number of rotatable bonds is 5. The number of ether oxygens (including phenoxy) is 1. The van der Waals surface area contributed by atoms with Crippen LogP contribution in [0.25, 0.3) is 11.4 Å². The Morgan fingerprint density at radius 2 is 1.94 bits per heavy atom.